The lowest BCUT2D eigenvalue weighted by Gasteiger charge is -2.09. The van der Waals surface area contributed by atoms with Gasteiger partial charge in [0, 0.05) is 23.1 Å². The quantitative estimate of drug-likeness (QED) is 0.339. The van der Waals surface area contributed by atoms with E-state index in [1.54, 1.807) is 11.3 Å². The van der Waals surface area contributed by atoms with Crippen molar-refractivity contribution in [3.05, 3.63) is 95.0 Å². The fourth-order valence-electron chi connectivity index (χ4n) is 3.24. The summed E-state index contributed by atoms with van der Waals surface area (Å²) in [4.78, 5) is 13.8. The highest BCUT2D eigenvalue weighted by molar-refractivity contribution is 7.13. The summed E-state index contributed by atoms with van der Waals surface area (Å²) >= 11 is 7.96. The maximum Gasteiger partial charge on any atom is 0.172 e. The van der Waals surface area contributed by atoms with Gasteiger partial charge < -0.3 is 5.32 Å². The predicted octanol–water partition coefficient (Wildman–Crippen LogP) is 6.69. The number of benzene rings is 3. The number of para-hydroxylation sites is 2. The van der Waals surface area contributed by atoms with Crippen LogP contribution in [0.5, 0.6) is 0 Å². The molecule has 0 amide bonds. The summed E-state index contributed by atoms with van der Waals surface area (Å²) in [5.74, 6) is 0.585. The Kier molecular flexibility index (Phi) is 5.13. The third-order valence-electron chi connectivity index (χ3n) is 4.74. The molecule has 1 N–H and O–H groups in total. The van der Waals surface area contributed by atoms with Crippen LogP contribution >= 0.6 is 22.9 Å². The fraction of sp³-hybridized carbons (Fsp3) is 0.0417. The molecule has 2 aromatic heterocycles. The molecular formula is C24H17ClN4S. The largest absolute Gasteiger partial charge is 0.363 e. The van der Waals surface area contributed by atoms with E-state index in [0.29, 0.717) is 17.5 Å². The number of anilines is 1. The molecule has 0 bridgehead atoms. The molecule has 2 heterocycles. The Balaban J connectivity index is 1.36. The van der Waals surface area contributed by atoms with E-state index in [4.69, 9.17) is 16.6 Å². The molecule has 0 saturated heterocycles. The number of hydrogen-bond donors (Lipinski definition) is 1. The molecule has 0 radical (unpaired) electrons. The van der Waals surface area contributed by atoms with Crippen LogP contribution in [0.1, 0.15) is 5.56 Å². The van der Waals surface area contributed by atoms with Crippen LogP contribution in [-0.4, -0.2) is 15.0 Å². The molecule has 0 saturated carbocycles. The number of fused-ring (bicyclic) bond motifs is 1. The van der Waals surface area contributed by atoms with E-state index in [-0.39, 0.29) is 0 Å². The number of thiazole rings is 1. The maximum absolute atomic E-state index is 6.31. The second-order valence-corrected chi connectivity index (χ2v) is 8.03. The standard InChI is InChI=1S/C24H17ClN4S/c25-22-23(28-20-12-5-4-11-19(20)27-22)26-14-16-7-6-10-18(13-16)24-29-21(15-30-24)17-8-2-1-3-9-17/h1-13,15H,14H2,(H,26,28). The van der Waals surface area contributed by atoms with Crippen LogP contribution in [0.25, 0.3) is 32.9 Å². The van der Waals surface area contributed by atoms with Crippen molar-refractivity contribution in [1.29, 1.82) is 0 Å². The summed E-state index contributed by atoms with van der Waals surface area (Å²) < 4.78 is 0. The van der Waals surface area contributed by atoms with Crippen molar-refractivity contribution in [3.8, 4) is 21.8 Å². The first kappa shape index (κ1) is 18.7. The number of hydrogen-bond acceptors (Lipinski definition) is 5. The van der Waals surface area contributed by atoms with Gasteiger partial charge in [-0.1, -0.05) is 72.3 Å². The molecule has 0 atom stereocenters. The number of nitrogens with zero attached hydrogens (tertiary/aromatic N) is 3. The third kappa shape index (κ3) is 3.90. The van der Waals surface area contributed by atoms with E-state index in [1.807, 2.05) is 48.5 Å². The molecule has 30 heavy (non-hydrogen) atoms. The second kappa shape index (κ2) is 8.22. The van der Waals surface area contributed by atoms with Gasteiger partial charge in [0.2, 0.25) is 0 Å². The minimum absolute atomic E-state index is 0.372. The van der Waals surface area contributed by atoms with E-state index in [1.165, 1.54) is 0 Å². The minimum Gasteiger partial charge on any atom is -0.363 e. The molecule has 0 aliphatic carbocycles. The van der Waals surface area contributed by atoms with Gasteiger partial charge in [-0.2, -0.15) is 0 Å². The topological polar surface area (TPSA) is 50.7 Å². The van der Waals surface area contributed by atoms with Crippen molar-refractivity contribution < 1.29 is 0 Å². The molecule has 6 heteroatoms. The number of aromatic nitrogens is 3. The first-order valence-corrected chi connectivity index (χ1v) is 10.8. The lowest BCUT2D eigenvalue weighted by atomic mass is 10.1. The highest BCUT2D eigenvalue weighted by atomic mass is 35.5. The average molecular weight is 429 g/mol. The molecule has 0 aliphatic heterocycles. The summed E-state index contributed by atoms with van der Waals surface area (Å²) in [6.45, 7) is 0.595. The molecule has 0 fully saturated rings. The van der Waals surface area contributed by atoms with Crippen LogP contribution in [0.4, 0.5) is 5.82 Å². The fourth-order valence-corrected chi connectivity index (χ4v) is 4.27. The molecule has 0 aliphatic rings. The van der Waals surface area contributed by atoms with Crippen molar-refractivity contribution in [3.63, 3.8) is 0 Å². The van der Waals surface area contributed by atoms with Crippen molar-refractivity contribution in [1.82, 2.24) is 15.0 Å². The molecule has 146 valence electrons. The first-order valence-electron chi connectivity index (χ1n) is 9.53. The monoisotopic (exact) mass is 428 g/mol. The summed E-state index contributed by atoms with van der Waals surface area (Å²) in [5.41, 5.74) is 5.94. The van der Waals surface area contributed by atoms with E-state index in [0.717, 1.165) is 38.4 Å². The molecule has 0 spiro atoms. The van der Waals surface area contributed by atoms with Crippen LogP contribution < -0.4 is 5.32 Å². The summed E-state index contributed by atoms with van der Waals surface area (Å²) in [5, 5.41) is 6.78. The lowest BCUT2D eigenvalue weighted by Crippen LogP contribution is -2.03. The van der Waals surface area contributed by atoms with Gasteiger partial charge in [-0.05, 0) is 23.8 Å². The second-order valence-electron chi connectivity index (χ2n) is 6.81. The van der Waals surface area contributed by atoms with Gasteiger partial charge in [0.05, 0.1) is 16.7 Å². The Morgan fingerprint density at radius 2 is 1.50 bits per heavy atom. The zero-order valence-electron chi connectivity index (χ0n) is 15.9. The number of rotatable bonds is 5. The Hall–Kier alpha value is -3.28. The zero-order chi connectivity index (χ0) is 20.3. The minimum atomic E-state index is 0.372. The molecule has 4 nitrogen and oxygen atoms in total. The Labute approximate surface area is 183 Å². The Morgan fingerprint density at radius 3 is 2.33 bits per heavy atom. The smallest absolute Gasteiger partial charge is 0.172 e. The highest BCUT2D eigenvalue weighted by Gasteiger charge is 2.09. The van der Waals surface area contributed by atoms with Gasteiger partial charge in [-0.25, -0.2) is 15.0 Å². The SMILES string of the molecule is Clc1nc2ccccc2nc1NCc1cccc(-c2nc(-c3ccccc3)cs2)c1. The van der Waals surface area contributed by atoms with Crippen molar-refractivity contribution >= 4 is 39.8 Å². The summed E-state index contributed by atoms with van der Waals surface area (Å²) in [7, 11) is 0. The highest BCUT2D eigenvalue weighted by Crippen LogP contribution is 2.29. The van der Waals surface area contributed by atoms with Crippen LogP contribution in [0, 0.1) is 0 Å². The van der Waals surface area contributed by atoms with Crippen LogP contribution in [0.15, 0.2) is 84.2 Å². The lowest BCUT2D eigenvalue weighted by molar-refractivity contribution is 1.11. The van der Waals surface area contributed by atoms with Gasteiger partial charge in [-0.15, -0.1) is 11.3 Å². The van der Waals surface area contributed by atoms with Crippen LogP contribution in [0.3, 0.4) is 0 Å². The zero-order valence-corrected chi connectivity index (χ0v) is 17.5. The van der Waals surface area contributed by atoms with Gasteiger partial charge >= 0.3 is 0 Å². The van der Waals surface area contributed by atoms with E-state index >= 15 is 0 Å². The summed E-state index contributed by atoms with van der Waals surface area (Å²) in [6.07, 6.45) is 0. The molecule has 5 rings (SSSR count). The van der Waals surface area contributed by atoms with Crippen LogP contribution in [0.2, 0.25) is 5.15 Å². The van der Waals surface area contributed by atoms with Gasteiger partial charge in [0.25, 0.3) is 0 Å². The number of halogens is 1. The Bertz CT molecular complexity index is 1320. The Morgan fingerprint density at radius 1 is 0.767 bits per heavy atom. The maximum atomic E-state index is 6.31. The van der Waals surface area contributed by atoms with E-state index in [2.05, 4.69) is 51.0 Å². The molecule has 5 aromatic rings. The summed E-state index contributed by atoms with van der Waals surface area (Å²) in [6, 6.07) is 26.3. The molecular weight excluding hydrogens is 412 g/mol. The average Bonchev–Trinajstić information content (AvgIpc) is 3.29. The van der Waals surface area contributed by atoms with Gasteiger partial charge in [-0.3, -0.25) is 0 Å². The van der Waals surface area contributed by atoms with Crippen molar-refractivity contribution in [2.75, 3.05) is 5.32 Å². The number of nitrogens with one attached hydrogen (secondary N) is 1. The van der Waals surface area contributed by atoms with Gasteiger partial charge in [0.1, 0.15) is 5.01 Å². The van der Waals surface area contributed by atoms with Crippen molar-refractivity contribution in [2.24, 2.45) is 0 Å². The van der Waals surface area contributed by atoms with Gasteiger partial charge in [0.15, 0.2) is 11.0 Å². The molecule has 3 aromatic carbocycles. The normalized spacial score (nSPS) is 11.0. The molecule has 0 unspecified atom stereocenters. The van der Waals surface area contributed by atoms with Crippen LogP contribution in [-0.2, 0) is 6.54 Å². The van der Waals surface area contributed by atoms with E-state index in [9.17, 15) is 0 Å². The first-order chi connectivity index (χ1) is 14.8. The third-order valence-corrected chi connectivity index (χ3v) is 5.89. The predicted molar refractivity (Wildman–Crippen MR) is 125 cm³/mol. The van der Waals surface area contributed by atoms with E-state index < -0.39 is 0 Å². The van der Waals surface area contributed by atoms with Crippen molar-refractivity contribution in [2.45, 2.75) is 6.54 Å².